The molecule has 1 aromatic rings. The number of nitrogens with one attached hydrogen (secondary N) is 4. The van der Waals surface area contributed by atoms with E-state index in [2.05, 4.69) is 25.9 Å². The number of aliphatic carboxylic acids is 1. The Kier molecular flexibility index (Phi) is 11.0. The van der Waals surface area contributed by atoms with E-state index < -0.39 is 55.0 Å². The number of aliphatic hydroxyl groups excluding tert-OH is 1. The molecule has 1 aromatic heterocycles. The number of unbranched alkanes of at least 4 members (excludes halogenated alkanes) is 1. The molecular weight excluding hydrogens is 398 g/mol. The molecule has 0 saturated carbocycles. The average Bonchev–Trinajstić information content (AvgIpc) is 3.22. The number of aromatic amines is 1. The van der Waals surface area contributed by atoms with Gasteiger partial charge in [0.05, 0.1) is 25.5 Å². The van der Waals surface area contributed by atoms with Gasteiger partial charge in [-0.15, -0.1) is 0 Å². The number of carboxylic acids is 1. The number of carbonyl (C=O) groups excluding carboxylic acids is 3. The van der Waals surface area contributed by atoms with Crippen LogP contribution in [0.4, 0.5) is 0 Å². The molecule has 30 heavy (non-hydrogen) atoms. The number of nitrogens with two attached hydrogens (primary N) is 2. The summed E-state index contributed by atoms with van der Waals surface area (Å²) in [6.45, 7) is -0.851. The molecule has 1 rings (SSSR count). The van der Waals surface area contributed by atoms with Crippen LogP contribution in [-0.4, -0.2) is 81.7 Å². The van der Waals surface area contributed by atoms with Crippen LogP contribution in [0, 0.1) is 0 Å². The molecule has 13 heteroatoms. The molecule has 3 amide bonds. The predicted molar refractivity (Wildman–Crippen MR) is 105 cm³/mol. The van der Waals surface area contributed by atoms with Gasteiger partial charge in [0.25, 0.3) is 0 Å². The van der Waals surface area contributed by atoms with E-state index in [4.69, 9.17) is 21.7 Å². The number of aromatic nitrogens is 2. The molecule has 0 saturated heterocycles. The zero-order valence-electron chi connectivity index (χ0n) is 16.5. The van der Waals surface area contributed by atoms with Gasteiger partial charge in [-0.2, -0.15) is 0 Å². The number of aliphatic hydroxyl groups is 1. The Morgan fingerprint density at radius 1 is 1.13 bits per heavy atom. The van der Waals surface area contributed by atoms with Gasteiger partial charge in [-0.3, -0.25) is 14.4 Å². The van der Waals surface area contributed by atoms with E-state index in [0.29, 0.717) is 25.1 Å². The van der Waals surface area contributed by atoms with E-state index >= 15 is 0 Å². The minimum atomic E-state index is -1.48. The first kappa shape index (κ1) is 25.0. The Hall–Kier alpha value is -3.03. The van der Waals surface area contributed by atoms with Gasteiger partial charge in [-0.1, -0.05) is 6.42 Å². The summed E-state index contributed by atoms with van der Waals surface area (Å²) in [5.74, 6) is -3.42. The summed E-state index contributed by atoms with van der Waals surface area (Å²) < 4.78 is 0. The number of carbonyl (C=O) groups is 4. The fourth-order valence-electron chi connectivity index (χ4n) is 2.47. The van der Waals surface area contributed by atoms with E-state index in [-0.39, 0.29) is 6.42 Å². The lowest BCUT2D eigenvalue weighted by molar-refractivity contribution is -0.142. The van der Waals surface area contributed by atoms with Gasteiger partial charge >= 0.3 is 5.97 Å². The molecule has 168 valence electrons. The Labute approximate surface area is 173 Å². The molecule has 0 aliphatic rings. The van der Waals surface area contributed by atoms with Gasteiger partial charge in [0.2, 0.25) is 17.7 Å². The van der Waals surface area contributed by atoms with E-state index in [1.165, 1.54) is 12.5 Å². The van der Waals surface area contributed by atoms with E-state index in [1.807, 2.05) is 0 Å². The third-order valence-corrected chi connectivity index (χ3v) is 4.16. The molecular formula is C17H29N7O6. The van der Waals surface area contributed by atoms with Crippen molar-refractivity contribution in [2.75, 3.05) is 19.7 Å². The summed E-state index contributed by atoms with van der Waals surface area (Å²) in [7, 11) is 0. The predicted octanol–water partition coefficient (Wildman–Crippen LogP) is -3.43. The van der Waals surface area contributed by atoms with Crippen LogP contribution >= 0.6 is 0 Å². The molecule has 3 unspecified atom stereocenters. The number of nitrogens with zero attached hydrogens (tertiary/aromatic N) is 1. The fourth-order valence-corrected chi connectivity index (χ4v) is 2.47. The van der Waals surface area contributed by atoms with E-state index in [1.54, 1.807) is 0 Å². The number of rotatable bonds is 14. The first-order chi connectivity index (χ1) is 14.3. The number of hydrogen-bond donors (Lipinski definition) is 8. The highest BCUT2D eigenvalue weighted by molar-refractivity contribution is 5.92. The van der Waals surface area contributed by atoms with Crippen LogP contribution < -0.4 is 27.4 Å². The lowest BCUT2D eigenvalue weighted by atomic mass is 10.1. The number of hydrogen-bond acceptors (Lipinski definition) is 8. The molecule has 0 aliphatic carbocycles. The number of amides is 3. The molecule has 0 spiro atoms. The van der Waals surface area contributed by atoms with E-state index in [9.17, 15) is 19.2 Å². The van der Waals surface area contributed by atoms with Crippen molar-refractivity contribution in [1.29, 1.82) is 0 Å². The topological polar surface area (TPSA) is 226 Å². The molecule has 0 radical (unpaired) electrons. The highest BCUT2D eigenvalue weighted by Gasteiger charge is 2.25. The maximum Gasteiger partial charge on any atom is 0.328 e. The molecule has 0 aromatic carbocycles. The van der Waals surface area contributed by atoms with Crippen LogP contribution in [0.25, 0.3) is 0 Å². The van der Waals surface area contributed by atoms with Gasteiger partial charge < -0.3 is 42.6 Å². The highest BCUT2D eigenvalue weighted by atomic mass is 16.4. The highest BCUT2D eigenvalue weighted by Crippen LogP contribution is 2.02. The van der Waals surface area contributed by atoms with Gasteiger partial charge in [-0.25, -0.2) is 9.78 Å². The van der Waals surface area contributed by atoms with Gasteiger partial charge in [0.15, 0.2) is 0 Å². The van der Waals surface area contributed by atoms with Crippen molar-refractivity contribution in [2.24, 2.45) is 11.5 Å². The lowest BCUT2D eigenvalue weighted by Crippen LogP contribution is -2.54. The quantitative estimate of drug-likeness (QED) is 0.138. The summed E-state index contributed by atoms with van der Waals surface area (Å²) in [4.78, 5) is 54.2. The average molecular weight is 427 g/mol. The normalized spacial score (nSPS) is 13.7. The van der Waals surface area contributed by atoms with E-state index in [0.717, 1.165) is 6.42 Å². The van der Waals surface area contributed by atoms with Crippen LogP contribution in [0.2, 0.25) is 0 Å². The summed E-state index contributed by atoms with van der Waals surface area (Å²) in [6.07, 6.45) is 4.76. The minimum absolute atomic E-state index is 0.0725. The van der Waals surface area contributed by atoms with Crippen LogP contribution in [0.15, 0.2) is 12.5 Å². The van der Waals surface area contributed by atoms with Crippen molar-refractivity contribution in [3.63, 3.8) is 0 Å². The fraction of sp³-hybridized carbons (Fsp3) is 0.588. The first-order valence-electron chi connectivity index (χ1n) is 9.42. The smallest absolute Gasteiger partial charge is 0.328 e. The zero-order valence-corrected chi connectivity index (χ0v) is 16.5. The molecule has 10 N–H and O–H groups in total. The van der Waals surface area contributed by atoms with Gasteiger partial charge in [0, 0.05) is 18.3 Å². The minimum Gasteiger partial charge on any atom is -0.480 e. The Morgan fingerprint density at radius 2 is 1.87 bits per heavy atom. The Bertz CT molecular complexity index is 697. The molecule has 13 nitrogen and oxygen atoms in total. The third kappa shape index (κ3) is 8.98. The van der Waals surface area contributed by atoms with Crippen molar-refractivity contribution < 1.29 is 29.4 Å². The molecule has 0 aliphatic heterocycles. The van der Waals surface area contributed by atoms with Crippen LogP contribution in [0.5, 0.6) is 0 Å². The standard InChI is InChI=1S/C17H29N7O6/c18-4-2-1-3-11(19)15(27)24-12(5-10-6-20-9-22-10)16(28)21-7-14(26)23-13(8-25)17(29)30/h6,9,11-13,25H,1-5,7-8,18-19H2,(H,20,22)(H,21,28)(H,23,26)(H,24,27)(H,29,30). The maximum atomic E-state index is 12.5. The summed E-state index contributed by atoms with van der Waals surface area (Å²) in [5, 5.41) is 24.7. The monoisotopic (exact) mass is 427 g/mol. The zero-order chi connectivity index (χ0) is 22.5. The second kappa shape index (κ2) is 13.2. The van der Waals surface area contributed by atoms with Gasteiger partial charge in [-0.05, 0) is 19.4 Å². The summed E-state index contributed by atoms with van der Waals surface area (Å²) in [5.41, 5.74) is 11.8. The maximum absolute atomic E-state index is 12.5. The summed E-state index contributed by atoms with van der Waals surface area (Å²) in [6, 6.07) is -3.35. The molecule has 1 heterocycles. The van der Waals surface area contributed by atoms with Crippen LogP contribution in [-0.2, 0) is 25.6 Å². The number of H-pyrrole nitrogens is 1. The van der Waals surface area contributed by atoms with Crippen molar-refractivity contribution in [3.8, 4) is 0 Å². The number of imidazole rings is 1. The van der Waals surface area contributed by atoms with Crippen molar-refractivity contribution in [3.05, 3.63) is 18.2 Å². The first-order valence-corrected chi connectivity index (χ1v) is 9.42. The second-order valence-corrected chi connectivity index (χ2v) is 6.59. The number of carboxylic acid groups (broad SMARTS) is 1. The van der Waals surface area contributed by atoms with Crippen molar-refractivity contribution >= 4 is 23.7 Å². The summed E-state index contributed by atoms with van der Waals surface area (Å²) >= 11 is 0. The van der Waals surface area contributed by atoms with Crippen LogP contribution in [0.1, 0.15) is 25.0 Å². The largest absolute Gasteiger partial charge is 0.480 e. The second-order valence-electron chi connectivity index (χ2n) is 6.59. The SMILES string of the molecule is NCCCCC(N)C(=O)NC(Cc1cnc[nH]1)C(=O)NCC(=O)NC(CO)C(=O)O. The van der Waals surface area contributed by atoms with Gasteiger partial charge in [0.1, 0.15) is 12.1 Å². The van der Waals surface area contributed by atoms with Crippen molar-refractivity contribution in [1.82, 2.24) is 25.9 Å². The van der Waals surface area contributed by atoms with Crippen LogP contribution in [0.3, 0.4) is 0 Å². The Balaban J connectivity index is 2.67. The van der Waals surface area contributed by atoms with Crippen molar-refractivity contribution in [2.45, 2.75) is 43.8 Å². The molecule has 0 fully saturated rings. The lowest BCUT2D eigenvalue weighted by Gasteiger charge is -2.20. The Morgan fingerprint density at radius 3 is 2.43 bits per heavy atom. The molecule has 3 atom stereocenters. The third-order valence-electron chi connectivity index (χ3n) is 4.16. The molecule has 0 bridgehead atoms.